The van der Waals surface area contributed by atoms with Crippen LogP contribution in [-0.4, -0.2) is 142 Å². The van der Waals surface area contributed by atoms with Gasteiger partial charge in [-0.15, -0.1) is 0 Å². The first kappa shape index (κ1) is 54.3. The lowest BCUT2D eigenvalue weighted by Crippen LogP contribution is -2.52. The number of urea groups is 2. The van der Waals surface area contributed by atoms with Crippen LogP contribution in [-0.2, 0) is 24.0 Å². The molecule has 0 aromatic rings. The topological polar surface area (TPSA) is 189 Å². The summed E-state index contributed by atoms with van der Waals surface area (Å²) in [6, 6.07) is -2.81. The van der Waals surface area contributed by atoms with Crippen molar-refractivity contribution in [2.75, 3.05) is 45.8 Å². The van der Waals surface area contributed by atoms with Crippen LogP contribution in [0.15, 0.2) is 0 Å². The van der Waals surface area contributed by atoms with Crippen LogP contribution in [0, 0.1) is 10.8 Å². The highest BCUT2D eigenvalue weighted by Crippen LogP contribution is 2.30. The maximum absolute atomic E-state index is 13.3. The maximum atomic E-state index is 13.3. The molecule has 4 rings (SSSR count). The standard InChI is InChI=1S/C22H39N3O3.C17H28N4O5.2C3H8/c1-21(2,3)11-12-23-20(28)25-14-8-10-17(25)19(27)16-9-7-13-24(16)18(26)15-22(4,5)6;1-3-6-18-15(24)9-19-17(26)21-10-12(23)8-14(21)16(25)13-5-4-7-20(13)11(2)22;2*1-3-2/h16-17H,7-15H2,1-6H3,(H,23,28);12-14,23H,3-10H2,1-2H3,(H,18,24)(H,19,26);2*3H2,1-2H3/t16-,17?;12-,13-,14?;;/m00../s1. The van der Waals surface area contributed by atoms with Gasteiger partial charge in [-0.1, -0.05) is 89.0 Å². The van der Waals surface area contributed by atoms with Crippen LogP contribution in [0.5, 0.6) is 0 Å². The van der Waals surface area contributed by atoms with E-state index < -0.39 is 30.3 Å². The molecule has 2 unspecified atom stereocenters. The van der Waals surface area contributed by atoms with Crippen LogP contribution in [0.3, 0.4) is 0 Å². The molecule has 4 aliphatic rings. The van der Waals surface area contributed by atoms with Gasteiger partial charge >= 0.3 is 12.1 Å². The number of β-amino-alcohol motifs (C(OH)–C–C–N with tert-alkyl or cyclic N) is 1. The van der Waals surface area contributed by atoms with Gasteiger partial charge in [-0.05, 0) is 62.2 Å². The molecule has 4 saturated heterocycles. The molecule has 7 amide bonds. The fourth-order valence-corrected chi connectivity index (χ4v) is 7.64. The smallest absolute Gasteiger partial charge is 0.318 e. The van der Waals surface area contributed by atoms with Crippen molar-refractivity contribution in [2.24, 2.45) is 10.8 Å². The summed E-state index contributed by atoms with van der Waals surface area (Å²) in [5.41, 5.74) is 0.0604. The van der Waals surface area contributed by atoms with Crippen molar-refractivity contribution in [1.82, 2.24) is 35.6 Å². The highest BCUT2D eigenvalue weighted by molar-refractivity contribution is 5.97. The molecule has 0 bridgehead atoms. The Kier molecular flexibility index (Phi) is 24.0. The Morgan fingerprint density at radius 2 is 1.07 bits per heavy atom. The van der Waals surface area contributed by atoms with E-state index in [0.29, 0.717) is 58.4 Å². The van der Waals surface area contributed by atoms with Gasteiger partial charge in [0.2, 0.25) is 17.7 Å². The third kappa shape index (κ3) is 18.5. The largest absolute Gasteiger partial charge is 0.391 e. The van der Waals surface area contributed by atoms with Gasteiger partial charge in [0.05, 0.1) is 36.8 Å². The fourth-order valence-electron chi connectivity index (χ4n) is 7.64. The molecular formula is C45H83N7O8. The maximum Gasteiger partial charge on any atom is 0.318 e. The lowest BCUT2D eigenvalue weighted by Gasteiger charge is -2.31. The summed E-state index contributed by atoms with van der Waals surface area (Å²) in [4.78, 5) is 93.5. The number of aliphatic hydroxyl groups is 1. The van der Waals surface area contributed by atoms with Gasteiger partial charge in [0.15, 0.2) is 11.6 Å². The van der Waals surface area contributed by atoms with E-state index in [1.54, 1.807) is 9.80 Å². The van der Waals surface area contributed by atoms with Crippen molar-refractivity contribution in [3.8, 4) is 0 Å². The predicted molar refractivity (Wildman–Crippen MR) is 236 cm³/mol. The SMILES string of the molecule is CC(C)(C)CCNC(=O)N1CCCC1C(=O)[C@@H]1CCCN1C(=O)CC(C)(C)C.CCC.CCC.CCCNC(=O)CNC(=O)N1C[C@@H](O)CC1C(=O)[C@@H]1CCCN1C(C)=O. The van der Waals surface area contributed by atoms with Crippen molar-refractivity contribution in [3.63, 3.8) is 0 Å². The highest BCUT2D eigenvalue weighted by atomic mass is 16.3. The molecule has 5 atom stereocenters. The summed E-state index contributed by atoms with van der Waals surface area (Å²) in [7, 11) is 0. The molecule has 15 nitrogen and oxygen atoms in total. The number of Topliss-reactive ketones (excluding diaryl/α,β-unsaturated/α-hetero) is 2. The Morgan fingerprint density at radius 1 is 0.600 bits per heavy atom. The Morgan fingerprint density at radius 3 is 1.57 bits per heavy atom. The molecule has 15 heteroatoms. The summed E-state index contributed by atoms with van der Waals surface area (Å²) in [6.07, 6.45) is 8.40. The number of hydrogen-bond donors (Lipinski definition) is 4. The van der Waals surface area contributed by atoms with Crippen LogP contribution < -0.4 is 16.0 Å². The second-order valence-electron chi connectivity index (χ2n) is 19.0. The monoisotopic (exact) mass is 850 g/mol. The predicted octanol–water partition coefficient (Wildman–Crippen LogP) is 5.66. The number of nitrogens with one attached hydrogen (secondary N) is 3. The second-order valence-corrected chi connectivity index (χ2v) is 19.0. The van der Waals surface area contributed by atoms with E-state index >= 15 is 0 Å². The van der Waals surface area contributed by atoms with E-state index in [9.17, 15) is 38.7 Å². The summed E-state index contributed by atoms with van der Waals surface area (Å²) < 4.78 is 0. The molecule has 0 spiro atoms. The lowest BCUT2D eigenvalue weighted by molar-refractivity contribution is -0.140. The number of carbonyl (C=O) groups excluding carboxylic acids is 7. The molecule has 0 aromatic carbocycles. The van der Waals surface area contributed by atoms with E-state index in [0.717, 1.165) is 32.1 Å². The minimum atomic E-state index is -0.796. The van der Waals surface area contributed by atoms with Gasteiger partial charge in [-0.3, -0.25) is 24.0 Å². The Bertz CT molecular complexity index is 1390. The van der Waals surface area contributed by atoms with E-state index in [1.165, 1.54) is 29.6 Å². The molecule has 346 valence electrons. The molecule has 4 fully saturated rings. The number of amides is 7. The van der Waals surface area contributed by atoms with E-state index in [-0.39, 0.29) is 71.7 Å². The third-order valence-electron chi connectivity index (χ3n) is 10.4. The average molecular weight is 850 g/mol. The van der Waals surface area contributed by atoms with Gasteiger partial charge < -0.3 is 40.7 Å². The molecule has 4 N–H and O–H groups in total. The normalized spacial score (nSPS) is 22.4. The van der Waals surface area contributed by atoms with Crippen LogP contribution >= 0.6 is 0 Å². The summed E-state index contributed by atoms with van der Waals surface area (Å²) >= 11 is 0. The first-order valence-electron chi connectivity index (χ1n) is 22.7. The highest BCUT2D eigenvalue weighted by Gasteiger charge is 2.45. The quantitative estimate of drug-likeness (QED) is 0.205. The van der Waals surface area contributed by atoms with Gasteiger partial charge in [-0.25, -0.2) is 9.59 Å². The Balaban J connectivity index is 0.000000531. The summed E-state index contributed by atoms with van der Waals surface area (Å²) in [6.45, 7) is 27.2. The van der Waals surface area contributed by atoms with Gasteiger partial charge in [0.1, 0.15) is 0 Å². The minimum Gasteiger partial charge on any atom is -0.391 e. The third-order valence-corrected chi connectivity index (χ3v) is 10.4. The first-order chi connectivity index (χ1) is 28.1. The van der Waals surface area contributed by atoms with Gasteiger partial charge in [0, 0.05) is 59.0 Å². The zero-order valence-electron chi connectivity index (χ0n) is 39.4. The molecule has 0 aliphatic carbocycles. The van der Waals surface area contributed by atoms with Crippen molar-refractivity contribution in [3.05, 3.63) is 0 Å². The van der Waals surface area contributed by atoms with Crippen LogP contribution in [0.4, 0.5) is 9.59 Å². The number of nitrogens with zero attached hydrogens (tertiary/aromatic N) is 4. The molecular weight excluding hydrogens is 767 g/mol. The van der Waals surface area contributed by atoms with E-state index in [1.807, 2.05) is 27.7 Å². The summed E-state index contributed by atoms with van der Waals surface area (Å²) in [5, 5.41) is 18.1. The fraction of sp³-hybridized carbons (Fsp3) is 0.844. The zero-order chi connectivity index (χ0) is 45.8. The molecule has 4 heterocycles. The van der Waals surface area contributed by atoms with Gasteiger partial charge in [-0.2, -0.15) is 0 Å². The Hall–Kier alpha value is -3.75. The van der Waals surface area contributed by atoms with E-state index in [4.69, 9.17) is 0 Å². The van der Waals surface area contributed by atoms with Crippen molar-refractivity contribution in [1.29, 1.82) is 0 Å². The molecule has 0 saturated carbocycles. The number of likely N-dealkylation sites (tertiary alicyclic amines) is 4. The number of hydrogen-bond acceptors (Lipinski definition) is 8. The Labute approximate surface area is 361 Å². The summed E-state index contributed by atoms with van der Waals surface area (Å²) in [5.74, 6) is -0.588. The lowest BCUT2D eigenvalue weighted by atomic mass is 9.91. The number of rotatable bonds is 11. The van der Waals surface area contributed by atoms with Crippen LogP contribution in [0.2, 0.25) is 0 Å². The molecule has 0 radical (unpaired) electrons. The first-order valence-corrected chi connectivity index (χ1v) is 22.7. The molecule has 4 aliphatic heterocycles. The van der Waals surface area contributed by atoms with Crippen molar-refractivity contribution >= 4 is 41.4 Å². The van der Waals surface area contributed by atoms with E-state index in [2.05, 4.69) is 64.4 Å². The number of carbonyl (C=O) groups is 7. The minimum absolute atomic E-state index is 0.0333. The molecule has 0 aromatic heterocycles. The number of aliphatic hydroxyl groups excluding tert-OH is 1. The number of ketones is 2. The van der Waals surface area contributed by atoms with Crippen molar-refractivity contribution < 1.29 is 38.7 Å². The van der Waals surface area contributed by atoms with Crippen molar-refractivity contribution in [2.45, 2.75) is 190 Å². The zero-order valence-corrected chi connectivity index (χ0v) is 39.4. The van der Waals surface area contributed by atoms with Crippen LogP contribution in [0.1, 0.15) is 160 Å². The second kappa shape index (κ2) is 26.6. The average Bonchev–Trinajstić information content (AvgIpc) is 3.99. The van der Waals surface area contributed by atoms with Crippen LogP contribution in [0.25, 0.3) is 0 Å². The van der Waals surface area contributed by atoms with Gasteiger partial charge in [0.25, 0.3) is 0 Å². The molecule has 60 heavy (non-hydrogen) atoms.